The second kappa shape index (κ2) is 5.56. The molecule has 5 heteroatoms. The number of carboxylic acids is 1. The van der Waals surface area contributed by atoms with Crippen molar-refractivity contribution < 1.29 is 19.4 Å². The first kappa shape index (κ1) is 12.6. The maximum absolute atomic E-state index is 10.7. The quantitative estimate of drug-likeness (QED) is 0.632. The molecule has 1 aromatic rings. The highest BCUT2D eigenvalue weighted by molar-refractivity contribution is 5.96. The van der Waals surface area contributed by atoms with Crippen LogP contribution in [0.5, 0.6) is 11.5 Å². The summed E-state index contributed by atoms with van der Waals surface area (Å²) in [5.74, 6) is -0.217. The molecule has 0 heterocycles. The average molecular weight is 233 g/mol. The molecule has 0 saturated heterocycles. The Morgan fingerprint density at radius 3 is 2.18 bits per heavy atom. The van der Waals surface area contributed by atoms with E-state index in [1.54, 1.807) is 24.3 Å². The Hall–Kier alpha value is -2.48. The van der Waals surface area contributed by atoms with Gasteiger partial charge in [-0.25, -0.2) is 4.79 Å². The van der Waals surface area contributed by atoms with Gasteiger partial charge in [-0.3, -0.25) is 0 Å². The third-order valence-electron chi connectivity index (χ3n) is 2.04. The number of rotatable bonds is 4. The van der Waals surface area contributed by atoms with Gasteiger partial charge < -0.3 is 14.6 Å². The van der Waals surface area contributed by atoms with Gasteiger partial charge in [-0.05, 0) is 23.8 Å². The summed E-state index contributed by atoms with van der Waals surface area (Å²) in [6, 6.07) is 6.49. The predicted octanol–water partition coefficient (Wildman–Crippen LogP) is 1.70. The number of nitriles is 1. The Labute approximate surface area is 98.5 Å². The molecule has 0 unspecified atom stereocenters. The molecule has 17 heavy (non-hydrogen) atoms. The third-order valence-corrected chi connectivity index (χ3v) is 2.04. The number of carboxylic acid groups (broad SMARTS) is 1. The van der Waals surface area contributed by atoms with Crippen LogP contribution in [0.2, 0.25) is 0 Å². The van der Waals surface area contributed by atoms with Gasteiger partial charge in [0, 0.05) is 6.07 Å². The zero-order valence-electron chi connectivity index (χ0n) is 9.43. The Morgan fingerprint density at radius 1 is 1.29 bits per heavy atom. The molecule has 1 N–H and O–H groups in total. The smallest absolute Gasteiger partial charge is 0.346 e. The van der Waals surface area contributed by atoms with Gasteiger partial charge >= 0.3 is 5.97 Å². The molecular formula is C12H11NO4. The van der Waals surface area contributed by atoms with Crippen LogP contribution in [0.4, 0.5) is 0 Å². The average Bonchev–Trinajstić information content (AvgIpc) is 2.34. The normalized spacial score (nSPS) is 10.5. The summed E-state index contributed by atoms with van der Waals surface area (Å²) in [5, 5.41) is 17.4. The van der Waals surface area contributed by atoms with Crippen LogP contribution < -0.4 is 9.47 Å². The van der Waals surface area contributed by atoms with Crippen molar-refractivity contribution in [3.05, 3.63) is 29.3 Å². The fourth-order valence-electron chi connectivity index (χ4n) is 1.22. The maximum atomic E-state index is 10.7. The van der Waals surface area contributed by atoms with E-state index < -0.39 is 5.97 Å². The molecule has 0 spiro atoms. The van der Waals surface area contributed by atoms with Crippen LogP contribution >= 0.6 is 0 Å². The number of methoxy groups -OCH3 is 2. The minimum absolute atomic E-state index is 0.347. The van der Waals surface area contributed by atoms with Crippen molar-refractivity contribution in [2.45, 2.75) is 0 Å². The van der Waals surface area contributed by atoms with Crippen molar-refractivity contribution in [1.29, 1.82) is 5.26 Å². The Morgan fingerprint density at radius 2 is 1.82 bits per heavy atom. The monoisotopic (exact) mass is 233 g/mol. The lowest BCUT2D eigenvalue weighted by Gasteiger charge is -2.05. The first-order valence-electron chi connectivity index (χ1n) is 4.69. The van der Waals surface area contributed by atoms with E-state index >= 15 is 0 Å². The van der Waals surface area contributed by atoms with Crippen LogP contribution in [0.1, 0.15) is 5.56 Å². The van der Waals surface area contributed by atoms with Crippen LogP contribution in [0, 0.1) is 11.3 Å². The summed E-state index contributed by atoms with van der Waals surface area (Å²) in [7, 11) is 2.98. The minimum atomic E-state index is -1.27. The molecule has 0 aliphatic rings. The molecule has 1 rings (SSSR count). The summed E-state index contributed by atoms with van der Waals surface area (Å²) >= 11 is 0. The van der Waals surface area contributed by atoms with Crippen LogP contribution in [0.3, 0.4) is 0 Å². The summed E-state index contributed by atoms with van der Waals surface area (Å²) in [6.07, 6.45) is 1.26. The SMILES string of the molecule is COc1cc(C=C(C#N)C(=O)O)cc(OC)c1. The molecule has 0 bridgehead atoms. The van der Waals surface area contributed by atoms with E-state index in [1.165, 1.54) is 20.3 Å². The summed E-state index contributed by atoms with van der Waals surface area (Å²) in [6.45, 7) is 0. The standard InChI is InChI=1S/C12H11NO4/c1-16-10-4-8(5-11(6-10)17-2)3-9(7-13)12(14)15/h3-6H,1-2H3,(H,14,15). The number of nitrogens with zero attached hydrogens (tertiary/aromatic N) is 1. The first-order chi connectivity index (χ1) is 8.10. The van der Waals surface area contributed by atoms with Crippen molar-refractivity contribution in [2.75, 3.05) is 14.2 Å². The lowest BCUT2D eigenvalue weighted by atomic mass is 10.1. The van der Waals surface area contributed by atoms with Crippen molar-refractivity contribution in [3.63, 3.8) is 0 Å². The molecule has 0 aliphatic heterocycles. The van der Waals surface area contributed by atoms with E-state index in [1.807, 2.05) is 0 Å². The van der Waals surface area contributed by atoms with Crippen molar-refractivity contribution >= 4 is 12.0 Å². The Kier molecular flexibility index (Phi) is 4.12. The van der Waals surface area contributed by atoms with Gasteiger partial charge in [-0.15, -0.1) is 0 Å². The minimum Gasteiger partial charge on any atom is -0.497 e. The van der Waals surface area contributed by atoms with Crippen molar-refractivity contribution in [3.8, 4) is 17.6 Å². The number of carbonyl (C=O) groups is 1. The highest BCUT2D eigenvalue weighted by Crippen LogP contribution is 2.23. The summed E-state index contributed by atoms with van der Waals surface area (Å²) in [4.78, 5) is 10.7. The highest BCUT2D eigenvalue weighted by atomic mass is 16.5. The van der Waals surface area contributed by atoms with Crippen LogP contribution in [0.25, 0.3) is 6.08 Å². The zero-order valence-corrected chi connectivity index (χ0v) is 9.43. The van der Waals surface area contributed by atoms with E-state index in [0.717, 1.165) is 0 Å². The second-order valence-corrected chi connectivity index (χ2v) is 3.12. The second-order valence-electron chi connectivity index (χ2n) is 3.12. The van der Waals surface area contributed by atoms with Gasteiger partial charge in [0.1, 0.15) is 23.1 Å². The van der Waals surface area contributed by atoms with Crippen LogP contribution in [-0.4, -0.2) is 25.3 Å². The topological polar surface area (TPSA) is 79.5 Å². The number of ether oxygens (including phenoxy) is 2. The molecule has 0 fully saturated rings. The van der Waals surface area contributed by atoms with Gasteiger partial charge in [0.15, 0.2) is 0 Å². The van der Waals surface area contributed by atoms with Gasteiger partial charge in [-0.1, -0.05) is 0 Å². The fourth-order valence-corrected chi connectivity index (χ4v) is 1.22. The molecule has 0 amide bonds. The molecule has 0 radical (unpaired) electrons. The molecule has 1 aromatic carbocycles. The molecule has 5 nitrogen and oxygen atoms in total. The summed E-state index contributed by atoms with van der Waals surface area (Å²) < 4.78 is 10.1. The van der Waals surface area contributed by atoms with E-state index in [0.29, 0.717) is 17.1 Å². The van der Waals surface area contributed by atoms with E-state index in [-0.39, 0.29) is 5.57 Å². The summed E-state index contributed by atoms with van der Waals surface area (Å²) in [5.41, 5.74) is 0.181. The van der Waals surface area contributed by atoms with Gasteiger partial charge in [0.05, 0.1) is 14.2 Å². The molecule has 0 atom stereocenters. The van der Waals surface area contributed by atoms with Crippen molar-refractivity contribution in [2.24, 2.45) is 0 Å². The number of hydrogen-bond donors (Lipinski definition) is 1. The van der Waals surface area contributed by atoms with Crippen LogP contribution in [-0.2, 0) is 4.79 Å². The number of aliphatic carboxylic acids is 1. The molecule has 0 aliphatic carbocycles. The molecule has 0 aromatic heterocycles. The highest BCUT2D eigenvalue weighted by Gasteiger charge is 2.07. The fraction of sp³-hybridized carbons (Fsp3) is 0.167. The van der Waals surface area contributed by atoms with Gasteiger partial charge in [0.25, 0.3) is 0 Å². The van der Waals surface area contributed by atoms with Crippen LogP contribution in [0.15, 0.2) is 23.8 Å². The van der Waals surface area contributed by atoms with Gasteiger partial charge in [0.2, 0.25) is 0 Å². The lowest BCUT2D eigenvalue weighted by molar-refractivity contribution is -0.132. The van der Waals surface area contributed by atoms with E-state index in [2.05, 4.69) is 0 Å². The lowest BCUT2D eigenvalue weighted by Crippen LogP contribution is -1.97. The first-order valence-corrected chi connectivity index (χ1v) is 4.69. The predicted molar refractivity (Wildman–Crippen MR) is 60.8 cm³/mol. The number of benzene rings is 1. The van der Waals surface area contributed by atoms with E-state index in [4.69, 9.17) is 19.8 Å². The Balaban J connectivity index is 3.22. The zero-order chi connectivity index (χ0) is 12.8. The molecule has 0 saturated carbocycles. The van der Waals surface area contributed by atoms with E-state index in [9.17, 15) is 4.79 Å². The van der Waals surface area contributed by atoms with Gasteiger partial charge in [-0.2, -0.15) is 5.26 Å². The largest absolute Gasteiger partial charge is 0.497 e. The van der Waals surface area contributed by atoms with Crippen molar-refractivity contribution in [1.82, 2.24) is 0 Å². The third kappa shape index (κ3) is 3.24. The number of hydrogen-bond acceptors (Lipinski definition) is 4. The molecule has 88 valence electrons. The Bertz CT molecular complexity index is 477. The maximum Gasteiger partial charge on any atom is 0.346 e. The molecular weight excluding hydrogens is 222 g/mol.